The summed E-state index contributed by atoms with van der Waals surface area (Å²) in [5, 5.41) is 0. The maximum atomic E-state index is 5.42. The van der Waals surface area contributed by atoms with Gasteiger partial charge in [-0.05, 0) is 57.4 Å². The second kappa shape index (κ2) is 6.32. The van der Waals surface area contributed by atoms with E-state index in [0.717, 1.165) is 32.1 Å². The van der Waals surface area contributed by atoms with Crippen LogP contribution in [0.1, 0.15) is 43.9 Å². The van der Waals surface area contributed by atoms with Gasteiger partial charge in [0.05, 0.1) is 13.2 Å². The Balaban J connectivity index is 1.80. The molecule has 3 rings (SSSR count). The predicted molar refractivity (Wildman–Crippen MR) is 85.8 cm³/mol. The Bertz CT molecular complexity index is 483. The van der Waals surface area contributed by atoms with Gasteiger partial charge in [-0.1, -0.05) is 0 Å². The minimum atomic E-state index is 0.552. The number of hydrogen-bond donors (Lipinski definition) is 0. The summed E-state index contributed by atoms with van der Waals surface area (Å²) >= 11 is 0. The van der Waals surface area contributed by atoms with E-state index in [9.17, 15) is 0 Å². The van der Waals surface area contributed by atoms with Gasteiger partial charge >= 0.3 is 0 Å². The molecule has 116 valence electrons. The van der Waals surface area contributed by atoms with Gasteiger partial charge in [-0.25, -0.2) is 4.98 Å². The first-order chi connectivity index (χ1) is 10.2. The molecule has 2 aliphatic heterocycles. The van der Waals surface area contributed by atoms with Crippen molar-refractivity contribution >= 4 is 5.82 Å². The molecule has 1 aromatic rings. The van der Waals surface area contributed by atoms with Crippen LogP contribution in [-0.4, -0.2) is 48.8 Å². The SMILES string of the molecule is Cc1cc(N2CCOCC2)ncc1[C@@H]1CCCN1C(C)C. The maximum absolute atomic E-state index is 5.42. The highest BCUT2D eigenvalue weighted by Gasteiger charge is 2.29. The standard InChI is InChI=1S/C17H27N3O/c1-13(2)20-6-4-5-16(20)15-12-18-17(11-14(15)3)19-7-9-21-10-8-19/h11-13,16H,4-10H2,1-3H3/t16-/m0/s1. The van der Waals surface area contributed by atoms with Crippen molar-refractivity contribution in [1.82, 2.24) is 9.88 Å². The van der Waals surface area contributed by atoms with Crippen molar-refractivity contribution in [1.29, 1.82) is 0 Å². The highest BCUT2D eigenvalue weighted by molar-refractivity contribution is 5.44. The zero-order valence-corrected chi connectivity index (χ0v) is 13.5. The summed E-state index contributed by atoms with van der Waals surface area (Å²) in [6.07, 6.45) is 4.68. The van der Waals surface area contributed by atoms with Gasteiger partial charge in [0.2, 0.25) is 0 Å². The molecule has 3 heterocycles. The third-order valence-electron chi connectivity index (χ3n) is 4.79. The number of hydrogen-bond acceptors (Lipinski definition) is 4. The van der Waals surface area contributed by atoms with Crippen molar-refractivity contribution in [3.63, 3.8) is 0 Å². The summed E-state index contributed by atoms with van der Waals surface area (Å²) in [7, 11) is 0. The smallest absolute Gasteiger partial charge is 0.128 e. The molecule has 2 fully saturated rings. The van der Waals surface area contributed by atoms with E-state index >= 15 is 0 Å². The monoisotopic (exact) mass is 289 g/mol. The molecule has 4 nitrogen and oxygen atoms in total. The lowest BCUT2D eigenvalue weighted by molar-refractivity contribution is 0.122. The van der Waals surface area contributed by atoms with Crippen LogP contribution in [-0.2, 0) is 4.74 Å². The lowest BCUT2D eigenvalue weighted by Crippen LogP contribution is -2.37. The van der Waals surface area contributed by atoms with Gasteiger partial charge in [-0.2, -0.15) is 0 Å². The predicted octanol–water partition coefficient (Wildman–Crippen LogP) is 2.77. The quantitative estimate of drug-likeness (QED) is 0.855. The topological polar surface area (TPSA) is 28.6 Å². The Labute approximate surface area is 128 Å². The summed E-state index contributed by atoms with van der Waals surface area (Å²) < 4.78 is 5.42. The average Bonchev–Trinajstić information content (AvgIpc) is 2.97. The molecule has 0 unspecified atom stereocenters. The molecule has 0 aromatic carbocycles. The summed E-state index contributed by atoms with van der Waals surface area (Å²) in [4.78, 5) is 9.68. The molecule has 2 aliphatic rings. The van der Waals surface area contributed by atoms with Crippen molar-refractivity contribution in [2.45, 2.75) is 45.7 Å². The number of aromatic nitrogens is 1. The van der Waals surface area contributed by atoms with Gasteiger partial charge in [-0.3, -0.25) is 4.90 Å². The van der Waals surface area contributed by atoms with E-state index in [1.165, 1.54) is 30.5 Å². The number of aryl methyl sites for hydroxylation is 1. The van der Waals surface area contributed by atoms with Gasteiger partial charge < -0.3 is 9.64 Å². The number of likely N-dealkylation sites (tertiary alicyclic amines) is 1. The molecule has 0 spiro atoms. The molecule has 0 saturated carbocycles. The van der Waals surface area contributed by atoms with E-state index in [1.54, 1.807) is 0 Å². The summed E-state index contributed by atoms with van der Waals surface area (Å²) in [5.41, 5.74) is 2.79. The van der Waals surface area contributed by atoms with E-state index in [0.29, 0.717) is 12.1 Å². The van der Waals surface area contributed by atoms with Crippen molar-refractivity contribution in [2.75, 3.05) is 37.7 Å². The first-order valence-corrected chi connectivity index (χ1v) is 8.22. The molecule has 0 aliphatic carbocycles. The van der Waals surface area contributed by atoms with E-state index in [4.69, 9.17) is 9.72 Å². The lowest BCUT2D eigenvalue weighted by Gasteiger charge is -2.31. The molecule has 2 saturated heterocycles. The number of nitrogens with zero attached hydrogens (tertiary/aromatic N) is 3. The van der Waals surface area contributed by atoms with Crippen LogP contribution in [0.3, 0.4) is 0 Å². The van der Waals surface area contributed by atoms with Gasteiger partial charge in [0, 0.05) is 31.4 Å². The first kappa shape index (κ1) is 14.8. The average molecular weight is 289 g/mol. The van der Waals surface area contributed by atoms with Crippen molar-refractivity contribution in [2.24, 2.45) is 0 Å². The van der Waals surface area contributed by atoms with Gasteiger partial charge in [0.1, 0.15) is 5.82 Å². The molecule has 4 heteroatoms. The van der Waals surface area contributed by atoms with Crippen LogP contribution in [0.5, 0.6) is 0 Å². The van der Waals surface area contributed by atoms with Crippen molar-refractivity contribution in [3.8, 4) is 0 Å². The zero-order valence-electron chi connectivity index (χ0n) is 13.5. The third kappa shape index (κ3) is 3.06. The number of rotatable bonds is 3. The summed E-state index contributed by atoms with van der Waals surface area (Å²) in [6, 6.07) is 3.42. The minimum absolute atomic E-state index is 0.552. The van der Waals surface area contributed by atoms with Crippen molar-refractivity contribution in [3.05, 3.63) is 23.4 Å². The molecular formula is C17H27N3O. The van der Waals surface area contributed by atoms with Crippen LogP contribution in [0.2, 0.25) is 0 Å². The number of ether oxygens (including phenoxy) is 1. The molecule has 0 N–H and O–H groups in total. The Morgan fingerprint density at radius 2 is 2.00 bits per heavy atom. The number of anilines is 1. The van der Waals surface area contributed by atoms with Crippen LogP contribution < -0.4 is 4.90 Å². The highest BCUT2D eigenvalue weighted by Crippen LogP contribution is 2.35. The van der Waals surface area contributed by atoms with Gasteiger partial charge in [-0.15, -0.1) is 0 Å². The lowest BCUT2D eigenvalue weighted by atomic mass is 10.0. The Kier molecular flexibility index (Phi) is 4.45. The Morgan fingerprint density at radius 1 is 1.24 bits per heavy atom. The van der Waals surface area contributed by atoms with Gasteiger partial charge in [0.25, 0.3) is 0 Å². The molecule has 0 radical (unpaired) electrons. The molecule has 1 atom stereocenters. The zero-order chi connectivity index (χ0) is 14.8. The fraction of sp³-hybridized carbons (Fsp3) is 0.706. The first-order valence-electron chi connectivity index (χ1n) is 8.22. The second-order valence-electron chi connectivity index (χ2n) is 6.49. The molecule has 1 aromatic heterocycles. The highest BCUT2D eigenvalue weighted by atomic mass is 16.5. The Morgan fingerprint density at radius 3 is 2.67 bits per heavy atom. The fourth-order valence-corrected chi connectivity index (χ4v) is 3.61. The largest absolute Gasteiger partial charge is 0.378 e. The van der Waals surface area contributed by atoms with E-state index < -0.39 is 0 Å². The van der Waals surface area contributed by atoms with E-state index in [2.05, 4.69) is 42.8 Å². The maximum Gasteiger partial charge on any atom is 0.128 e. The summed E-state index contributed by atoms with van der Waals surface area (Å²) in [5.74, 6) is 1.11. The van der Waals surface area contributed by atoms with Gasteiger partial charge in [0.15, 0.2) is 0 Å². The molecular weight excluding hydrogens is 262 g/mol. The van der Waals surface area contributed by atoms with Crippen molar-refractivity contribution < 1.29 is 4.74 Å². The normalized spacial score (nSPS) is 24.0. The minimum Gasteiger partial charge on any atom is -0.378 e. The van der Waals surface area contributed by atoms with E-state index in [1.807, 2.05) is 0 Å². The van der Waals surface area contributed by atoms with E-state index in [-0.39, 0.29) is 0 Å². The fourth-order valence-electron chi connectivity index (χ4n) is 3.61. The van der Waals surface area contributed by atoms with Crippen LogP contribution >= 0.6 is 0 Å². The molecule has 21 heavy (non-hydrogen) atoms. The van der Waals surface area contributed by atoms with Crippen LogP contribution in [0.15, 0.2) is 12.3 Å². The van der Waals surface area contributed by atoms with Crippen LogP contribution in [0.4, 0.5) is 5.82 Å². The number of morpholine rings is 1. The van der Waals surface area contributed by atoms with Crippen LogP contribution in [0, 0.1) is 6.92 Å². The molecule has 0 amide bonds. The van der Waals surface area contributed by atoms with Crippen LogP contribution in [0.25, 0.3) is 0 Å². The molecule has 0 bridgehead atoms. The number of pyridine rings is 1. The second-order valence-corrected chi connectivity index (χ2v) is 6.49. The third-order valence-corrected chi connectivity index (χ3v) is 4.79. The summed E-state index contributed by atoms with van der Waals surface area (Å²) in [6.45, 7) is 11.6. The Hall–Kier alpha value is -1.13.